The van der Waals surface area contributed by atoms with Crippen molar-refractivity contribution >= 4 is 17.3 Å². The van der Waals surface area contributed by atoms with E-state index in [4.69, 9.17) is 12.2 Å². The minimum atomic E-state index is 0.0129. The van der Waals surface area contributed by atoms with E-state index in [0.717, 1.165) is 16.5 Å². The summed E-state index contributed by atoms with van der Waals surface area (Å²) in [5.74, 6) is 0. The van der Waals surface area contributed by atoms with Gasteiger partial charge in [-0.2, -0.15) is 0 Å². The Bertz CT molecular complexity index is 981. The van der Waals surface area contributed by atoms with Gasteiger partial charge in [-0.25, -0.2) is 0 Å². The average molecular weight is 392 g/mol. The molecule has 1 saturated heterocycles. The van der Waals surface area contributed by atoms with Crippen molar-refractivity contribution in [3.05, 3.63) is 77.6 Å². The maximum atomic E-state index is 5.72. The van der Waals surface area contributed by atoms with E-state index in [1.807, 2.05) is 30.6 Å². The third-order valence-corrected chi connectivity index (χ3v) is 5.71. The third kappa shape index (κ3) is 3.07. The highest BCUT2D eigenvalue weighted by Crippen LogP contribution is 2.42. The van der Waals surface area contributed by atoms with Crippen LogP contribution in [0.2, 0.25) is 0 Å². The Kier molecular flexibility index (Phi) is 4.89. The van der Waals surface area contributed by atoms with Gasteiger partial charge >= 0.3 is 0 Å². The van der Waals surface area contributed by atoms with Gasteiger partial charge in [0.15, 0.2) is 5.11 Å². The predicted octanol–water partition coefficient (Wildman–Crippen LogP) is 4.27. The molecule has 0 amide bonds. The molecular formula is C22H25N5S. The first-order chi connectivity index (χ1) is 13.5. The molecule has 1 aliphatic heterocycles. The van der Waals surface area contributed by atoms with Crippen LogP contribution >= 0.6 is 12.2 Å². The zero-order chi connectivity index (χ0) is 19.8. The summed E-state index contributed by atoms with van der Waals surface area (Å²) in [7, 11) is 0. The molecule has 1 aliphatic rings. The van der Waals surface area contributed by atoms with Gasteiger partial charge in [-0.05, 0) is 75.8 Å². The minimum absolute atomic E-state index is 0.0129. The van der Waals surface area contributed by atoms with Crippen LogP contribution in [0, 0.1) is 13.8 Å². The topological polar surface area (TPSA) is 46.0 Å². The van der Waals surface area contributed by atoms with Crippen LogP contribution in [0.3, 0.4) is 0 Å². The molecule has 4 rings (SSSR count). The SMILES string of the molecule is Cc1cc([C@@H]2[C@H](c3ccccn3)NC(=S)N2C(C)C)c(C)n1-c1cccnc1. The van der Waals surface area contributed by atoms with E-state index in [-0.39, 0.29) is 18.1 Å². The van der Waals surface area contributed by atoms with Crippen molar-refractivity contribution in [2.75, 3.05) is 0 Å². The summed E-state index contributed by atoms with van der Waals surface area (Å²) in [5, 5.41) is 4.30. The summed E-state index contributed by atoms with van der Waals surface area (Å²) in [5.41, 5.74) is 5.72. The standard InChI is InChI=1S/C22H25N5S/c1-14(2)26-21(20(25-22(26)28)19-9-5-6-11-24-19)18-12-15(3)27(16(18)4)17-8-7-10-23-13-17/h5-14,20-21H,1-4H3,(H,25,28)/t20-,21+/m0/s1. The molecule has 2 atom stereocenters. The molecule has 1 N–H and O–H groups in total. The second kappa shape index (κ2) is 7.36. The van der Waals surface area contributed by atoms with Crippen LogP contribution in [0.1, 0.15) is 48.6 Å². The number of aromatic nitrogens is 3. The maximum absolute atomic E-state index is 5.72. The lowest BCUT2D eigenvalue weighted by Gasteiger charge is -2.31. The average Bonchev–Trinajstić information content (AvgIpc) is 3.19. The van der Waals surface area contributed by atoms with Gasteiger partial charge in [0, 0.05) is 29.8 Å². The molecule has 0 aromatic carbocycles. The Morgan fingerprint density at radius 3 is 2.57 bits per heavy atom. The summed E-state index contributed by atoms with van der Waals surface area (Å²) >= 11 is 5.72. The van der Waals surface area contributed by atoms with Gasteiger partial charge in [-0.3, -0.25) is 9.97 Å². The predicted molar refractivity (Wildman–Crippen MR) is 115 cm³/mol. The lowest BCUT2D eigenvalue weighted by molar-refractivity contribution is 0.269. The molecule has 28 heavy (non-hydrogen) atoms. The van der Waals surface area contributed by atoms with Gasteiger partial charge in [0.1, 0.15) is 0 Å². The van der Waals surface area contributed by atoms with Crippen molar-refractivity contribution in [1.29, 1.82) is 0 Å². The molecule has 4 heterocycles. The molecule has 3 aromatic heterocycles. The van der Waals surface area contributed by atoms with E-state index >= 15 is 0 Å². The highest BCUT2D eigenvalue weighted by atomic mass is 32.1. The zero-order valence-electron chi connectivity index (χ0n) is 16.6. The summed E-state index contributed by atoms with van der Waals surface area (Å²) in [6.45, 7) is 8.68. The quantitative estimate of drug-likeness (QED) is 0.673. The van der Waals surface area contributed by atoms with Crippen LogP contribution < -0.4 is 5.32 Å². The van der Waals surface area contributed by atoms with Crippen molar-refractivity contribution in [3.63, 3.8) is 0 Å². The van der Waals surface area contributed by atoms with Gasteiger partial charge < -0.3 is 14.8 Å². The number of nitrogens with one attached hydrogen (secondary N) is 1. The summed E-state index contributed by atoms with van der Waals surface area (Å²) in [6.07, 6.45) is 5.54. The number of hydrogen-bond acceptors (Lipinski definition) is 3. The van der Waals surface area contributed by atoms with E-state index in [1.54, 1.807) is 6.20 Å². The second-order valence-electron chi connectivity index (χ2n) is 7.50. The number of thiocarbonyl (C=S) groups is 1. The lowest BCUT2D eigenvalue weighted by atomic mass is 9.96. The van der Waals surface area contributed by atoms with Crippen molar-refractivity contribution in [2.45, 2.75) is 45.8 Å². The Hall–Kier alpha value is -2.73. The van der Waals surface area contributed by atoms with Gasteiger partial charge in [0.05, 0.1) is 29.7 Å². The molecule has 3 aromatic rings. The number of aryl methyl sites for hydroxylation is 1. The van der Waals surface area contributed by atoms with Crippen LogP contribution in [0.15, 0.2) is 55.0 Å². The van der Waals surface area contributed by atoms with Crippen LogP contribution in [0.25, 0.3) is 5.69 Å². The normalized spacial score (nSPS) is 19.3. The summed E-state index contributed by atoms with van der Waals surface area (Å²) in [6, 6.07) is 12.7. The highest BCUT2D eigenvalue weighted by Gasteiger charge is 2.42. The molecule has 0 bridgehead atoms. The summed E-state index contributed by atoms with van der Waals surface area (Å²) in [4.78, 5) is 11.2. The van der Waals surface area contributed by atoms with Gasteiger partial charge in [0.2, 0.25) is 0 Å². The first kappa shape index (κ1) is 18.6. The van der Waals surface area contributed by atoms with E-state index in [9.17, 15) is 0 Å². The molecule has 1 fully saturated rings. The van der Waals surface area contributed by atoms with Gasteiger partial charge in [-0.15, -0.1) is 0 Å². The molecule has 0 radical (unpaired) electrons. The van der Waals surface area contributed by atoms with Gasteiger partial charge in [0.25, 0.3) is 0 Å². The minimum Gasteiger partial charge on any atom is -0.352 e. The van der Waals surface area contributed by atoms with Crippen LogP contribution in [0.5, 0.6) is 0 Å². The Morgan fingerprint density at radius 1 is 1.11 bits per heavy atom. The van der Waals surface area contributed by atoms with Crippen LogP contribution in [-0.2, 0) is 0 Å². The number of hydrogen-bond donors (Lipinski definition) is 1. The molecule has 0 saturated carbocycles. The Morgan fingerprint density at radius 2 is 1.93 bits per heavy atom. The molecule has 0 spiro atoms. The number of nitrogens with zero attached hydrogens (tertiary/aromatic N) is 4. The molecule has 0 unspecified atom stereocenters. The lowest BCUT2D eigenvalue weighted by Crippen LogP contribution is -2.35. The van der Waals surface area contributed by atoms with Crippen LogP contribution in [-0.4, -0.2) is 30.6 Å². The molecular weight excluding hydrogens is 366 g/mol. The van der Waals surface area contributed by atoms with Crippen LogP contribution in [0.4, 0.5) is 0 Å². The number of rotatable bonds is 4. The fourth-order valence-corrected chi connectivity index (χ4v) is 4.68. The summed E-state index contributed by atoms with van der Waals surface area (Å²) < 4.78 is 2.26. The van der Waals surface area contributed by atoms with E-state index in [0.29, 0.717) is 0 Å². The maximum Gasteiger partial charge on any atom is 0.170 e. The van der Waals surface area contributed by atoms with E-state index in [1.165, 1.54) is 17.0 Å². The van der Waals surface area contributed by atoms with Gasteiger partial charge in [-0.1, -0.05) is 6.07 Å². The molecule has 6 heteroatoms. The van der Waals surface area contributed by atoms with Crippen molar-refractivity contribution in [3.8, 4) is 5.69 Å². The Balaban J connectivity index is 1.86. The van der Waals surface area contributed by atoms with Crippen molar-refractivity contribution < 1.29 is 0 Å². The Labute approximate surface area is 171 Å². The monoisotopic (exact) mass is 391 g/mol. The smallest absolute Gasteiger partial charge is 0.170 e. The second-order valence-corrected chi connectivity index (χ2v) is 7.89. The zero-order valence-corrected chi connectivity index (χ0v) is 17.4. The largest absolute Gasteiger partial charge is 0.352 e. The fourth-order valence-electron chi connectivity index (χ4n) is 4.22. The van der Waals surface area contributed by atoms with Crippen molar-refractivity contribution in [1.82, 2.24) is 24.8 Å². The van der Waals surface area contributed by atoms with E-state index < -0.39 is 0 Å². The highest BCUT2D eigenvalue weighted by molar-refractivity contribution is 7.80. The molecule has 5 nitrogen and oxygen atoms in total. The first-order valence-corrected chi connectivity index (χ1v) is 9.99. The molecule has 144 valence electrons. The fraction of sp³-hybridized carbons (Fsp3) is 0.318. The number of pyridine rings is 2. The molecule has 0 aliphatic carbocycles. The van der Waals surface area contributed by atoms with E-state index in [2.05, 4.69) is 70.6 Å². The third-order valence-electron chi connectivity index (χ3n) is 5.38. The first-order valence-electron chi connectivity index (χ1n) is 9.58. The van der Waals surface area contributed by atoms with Crippen molar-refractivity contribution in [2.24, 2.45) is 0 Å².